The van der Waals surface area contributed by atoms with Crippen molar-refractivity contribution in [3.8, 4) is 11.1 Å². The normalized spacial score (nSPS) is 22.1. The summed E-state index contributed by atoms with van der Waals surface area (Å²) in [5.41, 5.74) is 21.0. The van der Waals surface area contributed by atoms with Gasteiger partial charge in [0.15, 0.2) is 0 Å². The van der Waals surface area contributed by atoms with Gasteiger partial charge in [0, 0.05) is 72.6 Å². The van der Waals surface area contributed by atoms with Gasteiger partial charge in [-0.25, -0.2) is 0 Å². The highest BCUT2D eigenvalue weighted by molar-refractivity contribution is 7.17. The minimum atomic E-state index is 0.154. The number of thiophene rings is 1. The fourth-order valence-electron chi connectivity index (χ4n) is 13.9. The van der Waals surface area contributed by atoms with Crippen LogP contribution in [0, 0.1) is 0 Å². The van der Waals surface area contributed by atoms with Crippen LogP contribution in [-0.4, -0.2) is 30.1 Å². The molecule has 4 atom stereocenters. The number of fused-ring (bicyclic) bond motifs is 13. The summed E-state index contributed by atoms with van der Waals surface area (Å²) < 4.78 is 9.77. The van der Waals surface area contributed by atoms with Crippen molar-refractivity contribution in [2.24, 2.45) is 0 Å². The average molecular weight is 978 g/mol. The lowest BCUT2D eigenvalue weighted by atomic mass is 9.71. The number of hydrogen-bond donors (Lipinski definition) is 0. The molecule has 4 unspecified atom stereocenters. The highest BCUT2D eigenvalue weighted by Gasteiger charge is 2.44. The number of aryl methyl sites for hydroxylation is 1. The number of nitrogens with zero attached hydrogens (tertiary/aromatic N) is 3. The number of furan rings is 1. The van der Waals surface area contributed by atoms with E-state index in [1.165, 1.54) is 109 Å². The summed E-state index contributed by atoms with van der Waals surface area (Å²) >= 11 is 1.92. The van der Waals surface area contributed by atoms with Crippen molar-refractivity contribution in [1.29, 1.82) is 0 Å². The number of allylic oxidation sites excluding steroid dienone is 11. The SMILES string of the molecule is CN1c2cc(C3=CCCc4c3oc3cc(-c5ccc(N(C6=CCCC=C6)C6C=C(N(C7=CC=CCC7)C7C=c8c(sc9ccccc89)=CC7)C=CC6)cc5)ccc43)ccc2C2c3ccccc3C3=C(C=CCC3)C21. The van der Waals surface area contributed by atoms with Crippen LogP contribution in [0.1, 0.15) is 97.3 Å². The summed E-state index contributed by atoms with van der Waals surface area (Å²) in [6, 6.07) is 42.2. The fourth-order valence-corrected chi connectivity index (χ4v) is 15.0. The predicted octanol–water partition coefficient (Wildman–Crippen LogP) is 15.6. The predicted molar refractivity (Wildman–Crippen MR) is 311 cm³/mol. The molecular weight excluding hydrogens is 919 g/mol. The Kier molecular flexibility index (Phi) is 10.6. The maximum Gasteiger partial charge on any atom is 0.138 e. The maximum absolute atomic E-state index is 7.00. The Morgan fingerprint density at radius 1 is 0.622 bits per heavy atom. The van der Waals surface area contributed by atoms with Crippen molar-refractivity contribution in [2.75, 3.05) is 16.8 Å². The Morgan fingerprint density at radius 3 is 2.36 bits per heavy atom. The molecule has 0 N–H and O–H groups in total. The molecule has 7 aliphatic carbocycles. The molecule has 15 rings (SSSR count). The molecule has 5 heteroatoms. The monoisotopic (exact) mass is 977 g/mol. The first-order chi connectivity index (χ1) is 36.6. The van der Waals surface area contributed by atoms with Crippen LogP contribution in [-0.2, 0) is 6.42 Å². The van der Waals surface area contributed by atoms with Gasteiger partial charge in [0.1, 0.15) is 11.3 Å². The molecular formula is C69H59N3OS. The van der Waals surface area contributed by atoms with E-state index in [1.54, 1.807) is 0 Å². The molecule has 0 saturated heterocycles. The molecule has 0 spiro atoms. The van der Waals surface area contributed by atoms with Crippen LogP contribution in [0.2, 0.25) is 0 Å². The van der Waals surface area contributed by atoms with Crippen LogP contribution < -0.4 is 19.6 Å². The summed E-state index contributed by atoms with van der Waals surface area (Å²) in [7, 11) is 2.31. The molecule has 1 aliphatic heterocycles. The summed E-state index contributed by atoms with van der Waals surface area (Å²) in [5.74, 6) is 1.36. The summed E-state index contributed by atoms with van der Waals surface area (Å²) in [4.78, 5) is 7.80. The van der Waals surface area contributed by atoms with Crippen molar-refractivity contribution in [1.82, 2.24) is 4.90 Å². The van der Waals surface area contributed by atoms with E-state index in [4.69, 9.17) is 4.42 Å². The van der Waals surface area contributed by atoms with E-state index in [2.05, 4.69) is 216 Å². The number of likely N-dealkylation sites (N-methyl/N-ethyl adjacent to an activating group) is 1. The third-order valence-electron chi connectivity index (χ3n) is 17.3. The Morgan fingerprint density at radius 2 is 1.46 bits per heavy atom. The molecule has 3 heterocycles. The second-order valence-electron chi connectivity index (χ2n) is 21.4. The van der Waals surface area contributed by atoms with Crippen molar-refractivity contribution < 1.29 is 4.42 Å². The van der Waals surface area contributed by atoms with E-state index in [0.29, 0.717) is 12.0 Å². The Labute approximate surface area is 438 Å². The van der Waals surface area contributed by atoms with Crippen LogP contribution >= 0.6 is 11.3 Å². The second-order valence-corrected chi connectivity index (χ2v) is 22.5. The zero-order chi connectivity index (χ0) is 48.9. The van der Waals surface area contributed by atoms with Gasteiger partial charge in [0.2, 0.25) is 0 Å². The van der Waals surface area contributed by atoms with Gasteiger partial charge in [-0.3, -0.25) is 0 Å². The first kappa shape index (κ1) is 43.9. The minimum absolute atomic E-state index is 0.154. The number of hydrogen-bond acceptors (Lipinski definition) is 5. The van der Waals surface area contributed by atoms with E-state index < -0.39 is 0 Å². The number of anilines is 2. The first-order valence-electron chi connectivity index (χ1n) is 27.2. The van der Waals surface area contributed by atoms with Gasteiger partial charge in [-0.2, -0.15) is 0 Å². The highest BCUT2D eigenvalue weighted by atomic mass is 32.1. The lowest BCUT2D eigenvalue weighted by Gasteiger charge is -2.40. The van der Waals surface area contributed by atoms with Crippen LogP contribution in [0.3, 0.4) is 0 Å². The number of benzene rings is 5. The van der Waals surface area contributed by atoms with Crippen LogP contribution in [0.4, 0.5) is 11.4 Å². The third-order valence-corrected chi connectivity index (χ3v) is 18.5. The van der Waals surface area contributed by atoms with Crippen LogP contribution in [0.25, 0.3) is 55.5 Å². The fraction of sp³-hybridized carbons (Fsp3) is 0.217. The molecule has 8 aliphatic rings. The average Bonchev–Trinajstić information content (AvgIpc) is 4.17. The van der Waals surface area contributed by atoms with E-state index >= 15 is 0 Å². The molecule has 0 saturated carbocycles. The summed E-state index contributed by atoms with van der Waals surface area (Å²) in [6.07, 6.45) is 44.0. The molecule has 2 aromatic heterocycles. The van der Waals surface area contributed by atoms with Gasteiger partial charge in [-0.15, -0.1) is 11.3 Å². The molecule has 5 aromatic carbocycles. The van der Waals surface area contributed by atoms with E-state index in [1.807, 2.05) is 11.3 Å². The molecule has 4 nitrogen and oxygen atoms in total. The molecule has 362 valence electrons. The lowest BCUT2D eigenvalue weighted by Crippen LogP contribution is -2.40. The topological polar surface area (TPSA) is 22.9 Å². The highest BCUT2D eigenvalue weighted by Crippen LogP contribution is 2.55. The van der Waals surface area contributed by atoms with Crippen LogP contribution in [0.15, 0.2) is 209 Å². The van der Waals surface area contributed by atoms with Gasteiger partial charge >= 0.3 is 0 Å². The molecule has 0 radical (unpaired) electrons. The molecule has 0 fully saturated rings. The summed E-state index contributed by atoms with van der Waals surface area (Å²) in [5, 5.41) is 3.99. The number of rotatable bonds is 8. The quantitative estimate of drug-likeness (QED) is 0.151. The zero-order valence-electron chi connectivity index (χ0n) is 42.0. The Balaban J connectivity index is 0.735. The van der Waals surface area contributed by atoms with Crippen molar-refractivity contribution >= 4 is 67.1 Å². The zero-order valence-corrected chi connectivity index (χ0v) is 42.8. The van der Waals surface area contributed by atoms with Gasteiger partial charge < -0.3 is 19.1 Å². The maximum atomic E-state index is 7.00. The van der Waals surface area contributed by atoms with E-state index in [9.17, 15) is 0 Å². The Bertz CT molecular complexity index is 3910. The van der Waals surface area contributed by atoms with Crippen molar-refractivity contribution in [2.45, 2.75) is 88.3 Å². The van der Waals surface area contributed by atoms with E-state index in [0.717, 1.165) is 75.6 Å². The summed E-state index contributed by atoms with van der Waals surface area (Å²) in [6.45, 7) is 0. The Hall–Kier alpha value is -7.60. The van der Waals surface area contributed by atoms with Crippen LogP contribution in [0.5, 0.6) is 0 Å². The molecule has 0 bridgehead atoms. The van der Waals surface area contributed by atoms with Crippen molar-refractivity contribution in [3.63, 3.8) is 0 Å². The smallest absolute Gasteiger partial charge is 0.138 e. The molecule has 74 heavy (non-hydrogen) atoms. The van der Waals surface area contributed by atoms with Gasteiger partial charge in [-0.05, 0) is 169 Å². The minimum Gasteiger partial charge on any atom is -0.456 e. The molecule has 7 aromatic rings. The first-order valence-corrected chi connectivity index (χ1v) is 28.0. The van der Waals surface area contributed by atoms with Crippen molar-refractivity contribution in [3.05, 3.63) is 248 Å². The second kappa shape index (κ2) is 17.8. The standard InChI is InChI=1S/C69H59N3OS/c1-70-63-40-46(33-38-61(63)67-58-25-10-8-22-54(58)55-23-9-11-26-59(55)68(67)70)53-27-15-28-60-56-37-32-45(41-64(56)73-69(53)60)44-30-34-49(35-31-44)71(47-16-4-2-5-17-47)50-20-14-21-51(42-50)72(48-18-6-3-7-19-48)52-36-39-66-62(43-52)57-24-12-13-29-65(57)74-66/h3-4,6,8,10-14,16-18,21-22,24-27,29-35,37-43,50,52,67-68H,2,5,7,9,15,19-20,23,28,36H2,1H3. The van der Waals surface area contributed by atoms with Gasteiger partial charge in [0.05, 0.1) is 18.1 Å². The molecule has 0 amide bonds. The largest absolute Gasteiger partial charge is 0.456 e. The lowest BCUT2D eigenvalue weighted by molar-refractivity contribution is 0.373. The van der Waals surface area contributed by atoms with Gasteiger partial charge in [-0.1, -0.05) is 140 Å². The third kappa shape index (κ3) is 7.14. The van der Waals surface area contributed by atoms with E-state index in [-0.39, 0.29) is 12.1 Å². The van der Waals surface area contributed by atoms with Gasteiger partial charge in [0.25, 0.3) is 0 Å².